The molecule has 0 aliphatic carbocycles. The van der Waals surface area contributed by atoms with Crippen molar-refractivity contribution in [2.24, 2.45) is 5.41 Å². The van der Waals surface area contributed by atoms with Crippen LogP contribution in [-0.2, 0) is 27.2 Å². The first-order valence-corrected chi connectivity index (χ1v) is 18.0. The largest absolute Gasteiger partial charge is 0.479 e. The second kappa shape index (κ2) is 12.8. The van der Waals surface area contributed by atoms with Crippen LogP contribution in [0, 0.1) is 19.3 Å². The molecule has 0 amide bonds. The molecule has 0 saturated carbocycles. The topological polar surface area (TPSA) is 104 Å². The summed E-state index contributed by atoms with van der Waals surface area (Å²) in [5.74, 6) is 0.784. The molecule has 3 aromatic rings. The van der Waals surface area contributed by atoms with Crippen LogP contribution < -0.4 is 14.7 Å². The number of fused-ring (bicyclic) bond motifs is 3. The van der Waals surface area contributed by atoms with E-state index in [0.29, 0.717) is 23.3 Å². The zero-order chi connectivity index (χ0) is 34.7. The number of carbonyl (C=O) groups is 1. The van der Waals surface area contributed by atoms with Crippen LogP contribution in [0.5, 0.6) is 0 Å². The molecule has 4 aliphatic heterocycles. The van der Waals surface area contributed by atoms with Gasteiger partial charge in [-0.25, -0.2) is 9.78 Å². The first kappa shape index (κ1) is 33.7. The van der Waals surface area contributed by atoms with Crippen LogP contribution in [0.4, 0.5) is 17.5 Å². The van der Waals surface area contributed by atoms with Crippen molar-refractivity contribution in [3.05, 3.63) is 58.5 Å². The highest BCUT2D eigenvalue weighted by atomic mass is 16.5. The summed E-state index contributed by atoms with van der Waals surface area (Å²) < 4.78 is 12.1. The Hall–Kier alpha value is -3.76. The second-order valence-electron chi connectivity index (χ2n) is 16.2. The average molecular weight is 669 g/mol. The van der Waals surface area contributed by atoms with Crippen LogP contribution in [0.2, 0.25) is 0 Å². The van der Waals surface area contributed by atoms with E-state index in [2.05, 4.69) is 58.7 Å². The lowest BCUT2D eigenvalue weighted by molar-refractivity contribution is -0.160. The Kier molecular flexibility index (Phi) is 8.84. The summed E-state index contributed by atoms with van der Waals surface area (Å²) in [5.41, 5.74) is 7.50. The number of carboxylic acid groups (broad SMARTS) is 1. The highest BCUT2D eigenvalue weighted by molar-refractivity contribution is 5.88. The van der Waals surface area contributed by atoms with Crippen molar-refractivity contribution in [2.75, 3.05) is 47.5 Å². The summed E-state index contributed by atoms with van der Waals surface area (Å²) in [6.07, 6.45) is 5.97. The van der Waals surface area contributed by atoms with Gasteiger partial charge in [-0.05, 0) is 94.9 Å². The Labute approximate surface area is 290 Å². The summed E-state index contributed by atoms with van der Waals surface area (Å²) in [6.45, 7) is 19.2. The summed E-state index contributed by atoms with van der Waals surface area (Å²) in [6, 6.07) is 9.50. The molecule has 3 unspecified atom stereocenters. The van der Waals surface area contributed by atoms with Gasteiger partial charge in [-0.2, -0.15) is 4.98 Å². The van der Waals surface area contributed by atoms with Crippen molar-refractivity contribution in [3.63, 3.8) is 0 Å². The minimum atomic E-state index is -1.13. The number of carboxylic acids is 1. The quantitative estimate of drug-likeness (QED) is 0.294. The summed E-state index contributed by atoms with van der Waals surface area (Å²) in [5, 5.41) is 10.6. The minimum Gasteiger partial charge on any atom is -0.479 e. The number of nitrogens with zero attached hydrogens (tertiary/aromatic N) is 6. The zero-order valence-electron chi connectivity index (χ0n) is 30.3. The van der Waals surface area contributed by atoms with E-state index in [1.807, 2.05) is 40.0 Å². The lowest BCUT2D eigenvalue weighted by Gasteiger charge is -2.41. The van der Waals surface area contributed by atoms with E-state index in [4.69, 9.17) is 19.4 Å². The molecule has 3 saturated heterocycles. The normalized spacial score (nSPS) is 22.6. The fourth-order valence-corrected chi connectivity index (χ4v) is 8.25. The van der Waals surface area contributed by atoms with Crippen LogP contribution in [0.3, 0.4) is 0 Å². The summed E-state index contributed by atoms with van der Waals surface area (Å²) in [4.78, 5) is 34.8. The fourth-order valence-electron chi connectivity index (χ4n) is 8.25. The van der Waals surface area contributed by atoms with Crippen LogP contribution in [-0.4, -0.2) is 76.6 Å². The van der Waals surface area contributed by atoms with Crippen molar-refractivity contribution >= 4 is 23.4 Å². The third kappa shape index (κ3) is 6.74. The zero-order valence-corrected chi connectivity index (χ0v) is 30.3. The van der Waals surface area contributed by atoms with E-state index >= 15 is 0 Å². The SMILES string of the molecule is Cc1nc(C)c(C(OC(C)(C)C)C(=O)O)c(N2CCC(C)(C)CC2)c1-c1ccc2c(c1)CCN(c1ccnc(N3C4CCC3COC4)n1)C2. The van der Waals surface area contributed by atoms with Crippen LogP contribution >= 0.6 is 0 Å². The molecule has 3 fully saturated rings. The van der Waals surface area contributed by atoms with Gasteiger partial charge in [-0.3, -0.25) is 4.98 Å². The number of aliphatic carboxylic acids is 1. The average Bonchev–Trinajstić information content (AvgIpc) is 3.30. The highest BCUT2D eigenvalue weighted by Crippen LogP contribution is 2.45. The van der Waals surface area contributed by atoms with E-state index in [1.54, 1.807) is 0 Å². The van der Waals surface area contributed by atoms with Gasteiger partial charge < -0.3 is 29.3 Å². The smallest absolute Gasteiger partial charge is 0.337 e. The molecule has 6 heterocycles. The Morgan fingerprint density at radius 3 is 2.37 bits per heavy atom. The lowest BCUT2D eigenvalue weighted by Crippen LogP contribution is -2.47. The van der Waals surface area contributed by atoms with Gasteiger partial charge in [0.05, 0.1) is 36.6 Å². The highest BCUT2D eigenvalue weighted by Gasteiger charge is 2.40. The molecule has 3 atom stereocenters. The number of ether oxygens (including phenoxy) is 2. The lowest BCUT2D eigenvalue weighted by atomic mass is 9.81. The van der Waals surface area contributed by atoms with Crippen molar-refractivity contribution < 1.29 is 19.4 Å². The predicted octanol–water partition coefficient (Wildman–Crippen LogP) is 6.65. The van der Waals surface area contributed by atoms with Crippen molar-refractivity contribution in [1.29, 1.82) is 0 Å². The van der Waals surface area contributed by atoms with E-state index in [0.717, 1.165) is 106 Å². The fraction of sp³-hybridized carbons (Fsp3) is 0.590. The number of hydrogen-bond acceptors (Lipinski definition) is 9. The molecule has 2 aromatic heterocycles. The van der Waals surface area contributed by atoms with E-state index in [-0.39, 0.29) is 5.41 Å². The molecule has 1 aromatic carbocycles. The van der Waals surface area contributed by atoms with Crippen molar-refractivity contribution in [2.45, 2.75) is 111 Å². The third-order valence-electron chi connectivity index (χ3n) is 10.9. The second-order valence-corrected chi connectivity index (χ2v) is 16.2. The molecule has 49 heavy (non-hydrogen) atoms. The van der Waals surface area contributed by atoms with Crippen LogP contribution in [0.15, 0.2) is 30.5 Å². The van der Waals surface area contributed by atoms with Gasteiger partial charge in [0.15, 0.2) is 6.10 Å². The van der Waals surface area contributed by atoms with Crippen molar-refractivity contribution in [1.82, 2.24) is 15.0 Å². The maximum absolute atomic E-state index is 12.9. The standard InChI is InChI=1S/C39H52N6O4/c1-24-32(34(43-18-14-39(6,7)15-19-43)33(25(2)41-24)35(36(46)47)49-38(3,4)5)27-8-9-28-21-44(17-13-26(28)20-27)31-12-16-40-37(42-31)45-29-10-11-30(45)23-48-22-29/h8-9,12,16,20,29-30,35H,10-11,13-15,17-19,21-23H2,1-7H3,(H,46,47). The number of rotatable bonds is 7. The molecular formula is C39H52N6O4. The number of aryl methyl sites for hydroxylation is 2. The van der Waals surface area contributed by atoms with Gasteiger partial charge in [0.1, 0.15) is 5.82 Å². The number of aromatic nitrogens is 3. The minimum absolute atomic E-state index is 0.242. The van der Waals surface area contributed by atoms with Gasteiger partial charge in [-0.15, -0.1) is 0 Å². The molecule has 0 spiro atoms. The van der Waals surface area contributed by atoms with Crippen molar-refractivity contribution in [3.8, 4) is 11.1 Å². The first-order valence-electron chi connectivity index (χ1n) is 18.0. The summed E-state index contributed by atoms with van der Waals surface area (Å²) in [7, 11) is 0. The Morgan fingerprint density at radius 2 is 1.69 bits per heavy atom. The molecule has 262 valence electrons. The first-order chi connectivity index (χ1) is 23.3. The maximum atomic E-state index is 12.9. The van der Waals surface area contributed by atoms with Gasteiger partial charge in [0.2, 0.25) is 5.95 Å². The maximum Gasteiger partial charge on any atom is 0.337 e. The van der Waals surface area contributed by atoms with Gasteiger partial charge in [0.25, 0.3) is 0 Å². The monoisotopic (exact) mass is 668 g/mol. The van der Waals surface area contributed by atoms with Gasteiger partial charge in [-0.1, -0.05) is 32.0 Å². The number of pyridine rings is 1. The molecule has 10 heteroatoms. The molecule has 2 bridgehead atoms. The molecule has 1 N–H and O–H groups in total. The Bertz CT molecular complexity index is 1710. The van der Waals surface area contributed by atoms with Crippen LogP contribution in [0.1, 0.15) is 94.5 Å². The summed E-state index contributed by atoms with van der Waals surface area (Å²) >= 11 is 0. The van der Waals surface area contributed by atoms with Crippen LogP contribution in [0.25, 0.3) is 11.1 Å². The Morgan fingerprint density at radius 1 is 0.980 bits per heavy atom. The third-order valence-corrected chi connectivity index (χ3v) is 10.9. The number of morpholine rings is 1. The number of anilines is 3. The van der Waals surface area contributed by atoms with Gasteiger partial charge >= 0.3 is 5.97 Å². The van der Waals surface area contributed by atoms with E-state index in [9.17, 15) is 9.90 Å². The number of benzene rings is 1. The molecular weight excluding hydrogens is 616 g/mol. The van der Waals surface area contributed by atoms with Gasteiger partial charge in [0, 0.05) is 54.9 Å². The molecule has 10 nitrogen and oxygen atoms in total. The Balaban J connectivity index is 1.24. The number of hydrogen-bond donors (Lipinski definition) is 1. The van der Waals surface area contributed by atoms with E-state index < -0.39 is 17.7 Å². The molecule has 7 rings (SSSR count). The number of piperidine rings is 1. The predicted molar refractivity (Wildman–Crippen MR) is 192 cm³/mol. The molecule has 4 aliphatic rings. The van der Waals surface area contributed by atoms with E-state index in [1.165, 1.54) is 11.1 Å². The molecule has 0 radical (unpaired) electrons.